The first-order valence-electron chi connectivity index (χ1n) is 9.17. The molecule has 31 heavy (non-hydrogen) atoms. The van der Waals surface area contributed by atoms with Crippen LogP contribution in [-0.4, -0.2) is 15.8 Å². The van der Waals surface area contributed by atoms with Gasteiger partial charge in [0.25, 0.3) is 11.6 Å². The van der Waals surface area contributed by atoms with Crippen LogP contribution in [0.15, 0.2) is 82.9 Å². The number of nitrogens with zero attached hydrogens (tertiary/aromatic N) is 3. The Balaban J connectivity index is 1.59. The molecule has 0 aliphatic rings. The molecule has 0 fully saturated rings. The minimum absolute atomic E-state index is 0.0632. The molecular formula is C23H14N4O4. The fourth-order valence-corrected chi connectivity index (χ4v) is 3.04. The van der Waals surface area contributed by atoms with Crippen molar-refractivity contribution >= 4 is 34.3 Å². The molecular weight excluding hydrogens is 396 g/mol. The van der Waals surface area contributed by atoms with E-state index in [1.165, 1.54) is 18.2 Å². The number of rotatable bonds is 5. The fraction of sp³-hybridized carbons (Fsp3) is 0. The van der Waals surface area contributed by atoms with Gasteiger partial charge in [0.1, 0.15) is 23.2 Å². The van der Waals surface area contributed by atoms with E-state index in [2.05, 4.69) is 10.3 Å². The Labute approximate surface area is 176 Å². The van der Waals surface area contributed by atoms with Crippen LogP contribution in [0.3, 0.4) is 0 Å². The number of pyridine rings is 1. The standard InChI is InChI=1S/C23H14N4O4/c24-14-17(23(28)26-20-8-2-4-15-6-3-11-25-22(15)20)13-19-9-10-21(31-19)16-5-1-7-18(12-16)27(29)30/h1-13H,(H,26,28)/b17-13+. The second-order valence-corrected chi connectivity index (χ2v) is 6.51. The highest BCUT2D eigenvalue weighted by Gasteiger charge is 2.14. The summed E-state index contributed by atoms with van der Waals surface area (Å²) in [4.78, 5) is 27.4. The number of anilines is 1. The fourth-order valence-electron chi connectivity index (χ4n) is 3.04. The van der Waals surface area contributed by atoms with Gasteiger partial charge in [-0.1, -0.05) is 30.3 Å². The molecule has 150 valence electrons. The summed E-state index contributed by atoms with van der Waals surface area (Å²) in [5, 5.41) is 24.0. The topological polar surface area (TPSA) is 122 Å². The maximum Gasteiger partial charge on any atom is 0.270 e. The number of benzene rings is 2. The van der Waals surface area contributed by atoms with Gasteiger partial charge < -0.3 is 9.73 Å². The first-order valence-corrected chi connectivity index (χ1v) is 9.17. The number of nitrogens with one attached hydrogen (secondary N) is 1. The number of non-ortho nitro benzene ring substituents is 1. The highest BCUT2D eigenvalue weighted by atomic mass is 16.6. The van der Waals surface area contributed by atoms with E-state index in [1.807, 2.05) is 18.2 Å². The van der Waals surface area contributed by atoms with E-state index in [0.717, 1.165) is 5.39 Å². The normalized spacial score (nSPS) is 11.1. The maximum atomic E-state index is 12.6. The smallest absolute Gasteiger partial charge is 0.270 e. The van der Waals surface area contributed by atoms with Crippen molar-refractivity contribution in [3.05, 3.63) is 94.4 Å². The maximum absolute atomic E-state index is 12.6. The monoisotopic (exact) mass is 410 g/mol. The summed E-state index contributed by atoms with van der Waals surface area (Å²) >= 11 is 0. The molecule has 0 saturated heterocycles. The molecule has 4 rings (SSSR count). The Hall–Kier alpha value is -4.77. The number of furan rings is 1. The third-order valence-electron chi connectivity index (χ3n) is 4.50. The minimum atomic E-state index is -0.603. The minimum Gasteiger partial charge on any atom is -0.457 e. The number of fused-ring (bicyclic) bond motifs is 1. The highest BCUT2D eigenvalue weighted by Crippen LogP contribution is 2.27. The SMILES string of the molecule is N#C/C(=C\c1ccc(-c2cccc([N+](=O)[O-])c2)o1)C(=O)Nc1cccc2cccnc12. The van der Waals surface area contributed by atoms with Gasteiger partial charge in [-0.05, 0) is 24.3 Å². The van der Waals surface area contributed by atoms with Crippen molar-refractivity contribution in [2.24, 2.45) is 0 Å². The number of carbonyl (C=O) groups is 1. The molecule has 0 aliphatic heterocycles. The van der Waals surface area contributed by atoms with E-state index < -0.39 is 10.8 Å². The highest BCUT2D eigenvalue weighted by molar-refractivity contribution is 6.12. The molecule has 2 aromatic carbocycles. The molecule has 0 bridgehead atoms. The molecule has 1 N–H and O–H groups in total. The molecule has 0 unspecified atom stereocenters. The van der Waals surface area contributed by atoms with Crippen LogP contribution < -0.4 is 5.32 Å². The summed E-state index contributed by atoms with van der Waals surface area (Å²) in [6.07, 6.45) is 2.94. The van der Waals surface area contributed by atoms with Gasteiger partial charge in [0.15, 0.2) is 0 Å². The second-order valence-electron chi connectivity index (χ2n) is 6.51. The van der Waals surface area contributed by atoms with E-state index in [-0.39, 0.29) is 17.0 Å². The molecule has 0 radical (unpaired) electrons. The molecule has 4 aromatic rings. The number of para-hydroxylation sites is 1. The van der Waals surface area contributed by atoms with Crippen molar-refractivity contribution in [2.45, 2.75) is 0 Å². The summed E-state index contributed by atoms with van der Waals surface area (Å²) in [5.74, 6) is 0.0455. The number of amides is 1. The quantitative estimate of drug-likeness (QED) is 0.215. The van der Waals surface area contributed by atoms with Crippen LogP contribution in [0.4, 0.5) is 11.4 Å². The summed E-state index contributed by atoms with van der Waals surface area (Å²) < 4.78 is 5.66. The molecule has 2 aromatic heterocycles. The van der Waals surface area contributed by atoms with E-state index in [0.29, 0.717) is 22.5 Å². The van der Waals surface area contributed by atoms with Gasteiger partial charge in [-0.25, -0.2) is 0 Å². The summed E-state index contributed by atoms with van der Waals surface area (Å²) in [6.45, 7) is 0. The van der Waals surface area contributed by atoms with Crippen LogP contribution in [0.1, 0.15) is 5.76 Å². The molecule has 0 saturated carbocycles. The van der Waals surface area contributed by atoms with Crippen molar-refractivity contribution < 1.29 is 14.1 Å². The van der Waals surface area contributed by atoms with Gasteiger partial charge in [0.2, 0.25) is 0 Å². The van der Waals surface area contributed by atoms with E-state index in [9.17, 15) is 20.2 Å². The van der Waals surface area contributed by atoms with Gasteiger partial charge in [-0.15, -0.1) is 0 Å². The predicted molar refractivity (Wildman–Crippen MR) is 115 cm³/mol. The van der Waals surface area contributed by atoms with Gasteiger partial charge in [0, 0.05) is 35.4 Å². The van der Waals surface area contributed by atoms with Crippen LogP contribution in [0.5, 0.6) is 0 Å². The number of carbonyl (C=O) groups excluding carboxylic acids is 1. The van der Waals surface area contributed by atoms with E-state index in [1.54, 1.807) is 48.7 Å². The van der Waals surface area contributed by atoms with Crippen molar-refractivity contribution in [1.29, 1.82) is 5.26 Å². The van der Waals surface area contributed by atoms with Crippen molar-refractivity contribution in [1.82, 2.24) is 4.98 Å². The number of aromatic nitrogens is 1. The lowest BCUT2D eigenvalue weighted by Gasteiger charge is -2.07. The zero-order valence-corrected chi connectivity index (χ0v) is 16.0. The second kappa shape index (κ2) is 8.31. The lowest BCUT2D eigenvalue weighted by molar-refractivity contribution is -0.384. The number of nitriles is 1. The van der Waals surface area contributed by atoms with Crippen molar-refractivity contribution in [3.8, 4) is 17.4 Å². The van der Waals surface area contributed by atoms with Crippen LogP contribution in [0.2, 0.25) is 0 Å². The Morgan fingerprint density at radius 3 is 2.74 bits per heavy atom. The lowest BCUT2D eigenvalue weighted by atomic mass is 10.1. The number of nitro groups is 1. The van der Waals surface area contributed by atoms with Crippen LogP contribution in [0, 0.1) is 21.4 Å². The predicted octanol–water partition coefficient (Wildman–Crippen LogP) is 4.95. The van der Waals surface area contributed by atoms with Gasteiger partial charge in [-0.3, -0.25) is 19.9 Å². The summed E-state index contributed by atoms with van der Waals surface area (Å²) in [7, 11) is 0. The number of nitro benzene ring substituents is 1. The molecule has 0 spiro atoms. The number of hydrogen-bond acceptors (Lipinski definition) is 6. The zero-order chi connectivity index (χ0) is 21.8. The van der Waals surface area contributed by atoms with Crippen molar-refractivity contribution in [3.63, 3.8) is 0 Å². The van der Waals surface area contributed by atoms with Crippen LogP contribution in [0.25, 0.3) is 28.3 Å². The number of hydrogen-bond donors (Lipinski definition) is 1. The summed E-state index contributed by atoms with van der Waals surface area (Å²) in [5.41, 5.74) is 1.39. The van der Waals surface area contributed by atoms with Gasteiger partial charge >= 0.3 is 0 Å². The molecule has 2 heterocycles. The van der Waals surface area contributed by atoms with Crippen LogP contribution >= 0.6 is 0 Å². The molecule has 0 atom stereocenters. The first-order chi connectivity index (χ1) is 15.0. The molecule has 8 nitrogen and oxygen atoms in total. The molecule has 8 heteroatoms. The average molecular weight is 410 g/mol. The zero-order valence-electron chi connectivity index (χ0n) is 16.0. The Morgan fingerprint density at radius 2 is 1.94 bits per heavy atom. The van der Waals surface area contributed by atoms with E-state index in [4.69, 9.17) is 4.42 Å². The van der Waals surface area contributed by atoms with E-state index >= 15 is 0 Å². The van der Waals surface area contributed by atoms with Gasteiger partial charge in [0.05, 0.1) is 16.1 Å². The Bertz CT molecular complexity index is 1380. The lowest BCUT2D eigenvalue weighted by Crippen LogP contribution is -2.13. The summed E-state index contributed by atoms with van der Waals surface area (Å²) in [6, 6.07) is 20.1. The van der Waals surface area contributed by atoms with Crippen LogP contribution in [-0.2, 0) is 4.79 Å². The average Bonchev–Trinajstić information content (AvgIpc) is 3.26. The largest absolute Gasteiger partial charge is 0.457 e. The Morgan fingerprint density at radius 1 is 1.13 bits per heavy atom. The Kier molecular flexibility index (Phi) is 5.24. The third-order valence-corrected chi connectivity index (χ3v) is 4.50. The molecule has 1 amide bonds. The molecule has 0 aliphatic carbocycles. The first kappa shape index (κ1) is 19.5. The third kappa shape index (κ3) is 4.16. The van der Waals surface area contributed by atoms with Gasteiger partial charge in [-0.2, -0.15) is 5.26 Å². The van der Waals surface area contributed by atoms with Crippen molar-refractivity contribution in [2.75, 3.05) is 5.32 Å².